The predicted octanol–water partition coefficient (Wildman–Crippen LogP) is 2.05. The molecule has 1 aliphatic heterocycles. The maximum Gasteiger partial charge on any atom is 0.223 e. The third kappa shape index (κ3) is 3.61. The third-order valence-corrected chi connectivity index (χ3v) is 4.05. The summed E-state index contributed by atoms with van der Waals surface area (Å²) in [6, 6.07) is 3.89. The molecule has 1 aliphatic rings. The van der Waals surface area contributed by atoms with Crippen molar-refractivity contribution in [2.75, 3.05) is 31.1 Å². The van der Waals surface area contributed by atoms with E-state index < -0.39 is 0 Å². The van der Waals surface area contributed by atoms with Gasteiger partial charge in [0.2, 0.25) is 17.6 Å². The average Bonchev–Trinajstić information content (AvgIpc) is 3.06. The average molecular weight is 327 g/mol. The second-order valence-electron chi connectivity index (χ2n) is 5.74. The van der Waals surface area contributed by atoms with Crippen molar-refractivity contribution in [3.8, 4) is 11.4 Å². The molecule has 1 saturated heterocycles. The van der Waals surface area contributed by atoms with Gasteiger partial charge in [0.05, 0.1) is 0 Å². The minimum atomic E-state index is 0.199. The van der Waals surface area contributed by atoms with Gasteiger partial charge >= 0.3 is 0 Å². The van der Waals surface area contributed by atoms with Crippen LogP contribution in [0.5, 0.6) is 0 Å². The number of anilines is 1. The largest absolute Gasteiger partial charge is 0.353 e. The van der Waals surface area contributed by atoms with Crippen molar-refractivity contribution in [1.29, 1.82) is 0 Å². The summed E-state index contributed by atoms with van der Waals surface area (Å²) in [7, 11) is 0. The second-order valence-corrected chi connectivity index (χ2v) is 5.74. The molecule has 126 valence electrons. The highest BCUT2D eigenvalue weighted by molar-refractivity contribution is 5.76. The minimum absolute atomic E-state index is 0.199. The van der Waals surface area contributed by atoms with E-state index in [1.807, 2.05) is 17.0 Å². The lowest BCUT2D eigenvalue weighted by atomic mass is 10.2. The number of aromatic nitrogens is 3. The van der Waals surface area contributed by atoms with Gasteiger partial charge in [0.1, 0.15) is 5.82 Å². The number of hydrogen-bond acceptors (Lipinski definition) is 6. The third-order valence-electron chi connectivity index (χ3n) is 4.05. The van der Waals surface area contributed by atoms with Crippen LogP contribution in [0.3, 0.4) is 0 Å². The number of allylic oxidation sites excluding steroid dienone is 1. The number of amides is 1. The van der Waals surface area contributed by atoms with Gasteiger partial charge in [0.15, 0.2) is 0 Å². The molecule has 0 atom stereocenters. The van der Waals surface area contributed by atoms with Crippen molar-refractivity contribution in [2.24, 2.45) is 0 Å². The molecule has 1 amide bonds. The van der Waals surface area contributed by atoms with E-state index in [-0.39, 0.29) is 5.91 Å². The monoisotopic (exact) mass is 327 g/mol. The van der Waals surface area contributed by atoms with E-state index in [2.05, 4.69) is 26.6 Å². The molecule has 2 aromatic heterocycles. The lowest BCUT2D eigenvalue weighted by molar-refractivity contribution is -0.131. The number of nitrogens with zero attached hydrogens (tertiary/aromatic N) is 5. The molecule has 0 aliphatic carbocycles. The Morgan fingerprint density at radius 2 is 2.12 bits per heavy atom. The number of carbonyl (C=O) groups is 1. The van der Waals surface area contributed by atoms with Crippen molar-refractivity contribution in [2.45, 2.75) is 19.8 Å². The highest BCUT2D eigenvalue weighted by Crippen LogP contribution is 2.19. The fourth-order valence-corrected chi connectivity index (χ4v) is 2.69. The number of hydrogen-bond donors (Lipinski definition) is 0. The molecule has 0 radical (unpaired) electrons. The molecule has 0 saturated carbocycles. The molecule has 1 fully saturated rings. The maximum absolute atomic E-state index is 12.0. The lowest BCUT2D eigenvalue weighted by Crippen LogP contribution is -2.49. The van der Waals surface area contributed by atoms with Crippen molar-refractivity contribution >= 4 is 11.7 Å². The van der Waals surface area contributed by atoms with Gasteiger partial charge in [-0.25, -0.2) is 4.98 Å². The number of aryl methyl sites for hydroxylation is 1. The predicted molar refractivity (Wildman–Crippen MR) is 90.5 cm³/mol. The number of pyridine rings is 1. The number of rotatable bonds is 5. The molecule has 3 rings (SSSR count). The van der Waals surface area contributed by atoms with Gasteiger partial charge in [-0.1, -0.05) is 11.2 Å². The van der Waals surface area contributed by atoms with E-state index in [0.29, 0.717) is 18.1 Å². The minimum Gasteiger partial charge on any atom is -0.353 e. The van der Waals surface area contributed by atoms with Crippen molar-refractivity contribution in [3.05, 3.63) is 36.9 Å². The molecule has 0 bridgehead atoms. The van der Waals surface area contributed by atoms with Gasteiger partial charge in [-0.3, -0.25) is 4.79 Å². The maximum atomic E-state index is 12.0. The molecule has 2 aromatic rings. The van der Waals surface area contributed by atoms with Crippen molar-refractivity contribution < 1.29 is 9.32 Å². The van der Waals surface area contributed by atoms with Gasteiger partial charge in [0, 0.05) is 51.3 Å². The molecule has 7 nitrogen and oxygen atoms in total. The van der Waals surface area contributed by atoms with Crippen molar-refractivity contribution in [3.63, 3.8) is 0 Å². The Bertz CT molecular complexity index is 702. The Labute approximate surface area is 141 Å². The zero-order valence-corrected chi connectivity index (χ0v) is 13.8. The van der Waals surface area contributed by atoms with Crippen LogP contribution in [0.2, 0.25) is 0 Å². The normalized spacial score (nSPS) is 14.7. The van der Waals surface area contributed by atoms with Gasteiger partial charge in [0.25, 0.3) is 0 Å². The summed E-state index contributed by atoms with van der Waals surface area (Å²) in [6.45, 7) is 8.44. The fraction of sp³-hybridized carbons (Fsp3) is 0.412. The highest BCUT2D eigenvalue weighted by Gasteiger charge is 2.21. The van der Waals surface area contributed by atoms with Crippen LogP contribution in [0, 0.1) is 6.92 Å². The first-order valence-electron chi connectivity index (χ1n) is 8.07. The summed E-state index contributed by atoms with van der Waals surface area (Å²) in [5, 5.41) is 3.89. The van der Waals surface area contributed by atoms with Crippen LogP contribution in [0.1, 0.15) is 18.7 Å². The first kappa shape index (κ1) is 16.2. The van der Waals surface area contributed by atoms with Gasteiger partial charge in [-0.2, -0.15) is 4.98 Å². The lowest BCUT2D eigenvalue weighted by Gasteiger charge is -2.35. The fourth-order valence-electron chi connectivity index (χ4n) is 2.69. The van der Waals surface area contributed by atoms with Crippen LogP contribution in [0.4, 0.5) is 5.82 Å². The quantitative estimate of drug-likeness (QED) is 0.783. The Hall–Kier alpha value is -2.70. The second kappa shape index (κ2) is 7.25. The standard InChI is InChI=1S/C17H21N5O2/c1-3-4-5-16(23)22-10-8-21(9-11-22)15-7-6-14(12-18-15)17-19-13(2)24-20-17/h3,6-7,12H,1,4-5,8-11H2,2H3. The number of carbonyl (C=O) groups excluding carboxylic acids is 1. The molecule has 0 unspecified atom stereocenters. The number of piperazine rings is 1. The molecular formula is C17H21N5O2. The van der Waals surface area contributed by atoms with E-state index in [9.17, 15) is 4.79 Å². The molecule has 3 heterocycles. The molecule has 7 heteroatoms. The van der Waals surface area contributed by atoms with Crippen molar-refractivity contribution in [1.82, 2.24) is 20.0 Å². The molecule has 0 N–H and O–H groups in total. The Balaban J connectivity index is 1.58. The molecule has 24 heavy (non-hydrogen) atoms. The zero-order valence-electron chi connectivity index (χ0n) is 13.8. The van der Waals surface area contributed by atoms with Crippen LogP contribution >= 0.6 is 0 Å². The van der Waals surface area contributed by atoms with Crippen LogP contribution in [0.25, 0.3) is 11.4 Å². The van der Waals surface area contributed by atoms with E-state index in [1.54, 1.807) is 19.2 Å². The molecular weight excluding hydrogens is 306 g/mol. The van der Waals surface area contributed by atoms with Crippen LogP contribution in [-0.4, -0.2) is 52.1 Å². The van der Waals surface area contributed by atoms with Crippen LogP contribution in [0.15, 0.2) is 35.5 Å². The van der Waals surface area contributed by atoms with E-state index in [0.717, 1.165) is 44.0 Å². The molecule has 0 spiro atoms. The first-order chi connectivity index (χ1) is 11.7. The SMILES string of the molecule is C=CCCC(=O)N1CCN(c2ccc(-c3noc(C)n3)cn2)CC1. The summed E-state index contributed by atoms with van der Waals surface area (Å²) in [4.78, 5) is 24.8. The van der Waals surface area contributed by atoms with E-state index in [1.165, 1.54) is 0 Å². The topological polar surface area (TPSA) is 75.4 Å². The summed E-state index contributed by atoms with van der Waals surface area (Å²) in [5.74, 6) is 2.18. The van der Waals surface area contributed by atoms with Crippen LogP contribution in [-0.2, 0) is 4.79 Å². The van der Waals surface area contributed by atoms with Gasteiger partial charge < -0.3 is 14.3 Å². The Morgan fingerprint density at radius 1 is 1.33 bits per heavy atom. The van der Waals surface area contributed by atoms with E-state index >= 15 is 0 Å². The first-order valence-corrected chi connectivity index (χ1v) is 8.07. The zero-order chi connectivity index (χ0) is 16.9. The summed E-state index contributed by atoms with van der Waals surface area (Å²) < 4.78 is 4.98. The highest BCUT2D eigenvalue weighted by atomic mass is 16.5. The summed E-state index contributed by atoms with van der Waals surface area (Å²) in [6.07, 6.45) is 4.81. The summed E-state index contributed by atoms with van der Waals surface area (Å²) >= 11 is 0. The smallest absolute Gasteiger partial charge is 0.223 e. The summed E-state index contributed by atoms with van der Waals surface area (Å²) in [5.41, 5.74) is 0.828. The Morgan fingerprint density at radius 3 is 2.71 bits per heavy atom. The Kier molecular flexibility index (Phi) is 4.88. The van der Waals surface area contributed by atoms with E-state index in [4.69, 9.17) is 4.52 Å². The molecule has 0 aromatic carbocycles. The van der Waals surface area contributed by atoms with Gasteiger partial charge in [-0.05, 0) is 18.6 Å². The van der Waals surface area contributed by atoms with Gasteiger partial charge in [-0.15, -0.1) is 6.58 Å². The van der Waals surface area contributed by atoms with Crippen LogP contribution < -0.4 is 4.90 Å².